The minimum absolute atomic E-state index is 0.0484. The Labute approximate surface area is 222 Å². The van der Waals surface area contributed by atoms with E-state index in [4.69, 9.17) is 21.1 Å². The summed E-state index contributed by atoms with van der Waals surface area (Å²) in [4.78, 5) is 13.8. The molecule has 192 valence electrons. The van der Waals surface area contributed by atoms with E-state index >= 15 is 0 Å². The first-order chi connectivity index (χ1) is 18.0. The van der Waals surface area contributed by atoms with Gasteiger partial charge in [0, 0.05) is 17.7 Å². The number of hydrogen-bond donors (Lipinski definition) is 3. The Bertz CT molecular complexity index is 1340. The third-order valence-electron chi connectivity index (χ3n) is 6.82. The number of para-hydroxylation sites is 2. The van der Waals surface area contributed by atoms with Crippen LogP contribution in [-0.2, 0) is 4.79 Å². The van der Waals surface area contributed by atoms with Gasteiger partial charge in [-0.25, -0.2) is 0 Å². The Morgan fingerprint density at radius 3 is 2.46 bits per heavy atom. The van der Waals surface area contributed by atoms with Crippen LogP contribution in [0, 0.1) is 0 Å². The SMILES string of the molecule is CCCOc1ccc(C2CC(=O)C3=C(C2)Nc2ccccc2NC3c2cc(Cl)c(O)c(OCC)c2)cc1. The van der Waals surface area contributed by atoms with E-state index in [0.29, 0.717) is 37.4 Å². The number of phenols is 1. The highest BCUT2D eigenvalue weighted by Gasteiger charge is 2.36. The molecular weight excluding hydrogens is 488 g/mol. The summed E-state index contributed by atoms with van der Waals surface area (Å²) in [6, 6.07) is 19.0. The Morgan fingerprint density at radius 1 is 0.973 bits per heavy atom. The lowest BCUT2D eigenvalue weighted by atomic mass is 9.78. The number of nitrogens with one attached hydrogen (secondary N) is 2. The summed E-state index contributed by atoms with van der Waals surface area (Å²) in [5.41, 5.74) is 5.21. The number of Topliss-reactive ketones (excluding diaryl/α,β-unsaturated/α-hetero) is 1. The lowest BCUT2D eigenvalue weighted by molar-refractivity contribution is -0.116. The molecule has 0 fully saturated rings. The number of phenolic OH excluding ortho intramolecular Hbond substituents is 1. The van der Waals surface area contributed by atoms with Gasteiger partial charge in [0.25, 0.3) is 0 Å². The largest absolute Gasteiger partial charge is 0.503 e. The highest BCUT2D eigenvalue weighted by Crippen LogP contribution is 2.46. The summed E-state index contributed by atoms with van der Waals surface area (Å²) in [5, 5.41) is 17.7. The van der Waals surface area contributed by atoms with Gasteiger partial charge in [0.05, 0.1) is 35.7 Å². The van der Waals surface area contributed by atoms with Crippen molar-refractivity contribution in [1.82, 2.24) is 0 Å². The number of ketones is 1. The van der Waals surface area contributed by atoms with Crippen LogP contribution in [0.2, 0.25) is 5.02 Å². The van der Waals surface area contributed by atoms with Crippen molar-refractivity contribution in [3.8, 4) is 17.2 Å². The Morgan fingerprint density at radius 2 is 1.73 bits per heavy atom. The number of ether oxygens (including phenoxy) is 2. The van der Waals surface area contributed by atoms with Gasteiger partial charge < -0.3 is 25.2 Å². The van der Waals surface area contributed by atoms with E-state index in [2.05, 4.69) is 29.7 Å². The zero-order chi connectivity index (χ0) is 25.9. The van der Waals surface area contributed by atoms with Gasteiger partial charge in [-0.05, 0) is 73.2 Å². The average Bonchev–Trinajstić information content (AvgIpc) is 3.07. The van der Waals surface area contributed by atoms with Crippen molar-refractivity contribution in [2.75, 3.05) is 23.8 Å². The van der Waals surface area contributed by atoms with Crippen molar-refractivity contribution in [2.24, 2.45) is 0 Å². The number of carbonyl (C=O) groups excluding carboxylic acids is 1. The lowest BCUT2D eigenvalue weighted by Gasteiger charge is -2.30. The van der Waals surface area contributed by atoms with E-state index in [0.717, 1.165) is 40.4 Å². The first-order valence-corrected chi connectivity index (χ1v) is 13.1. The van der Waals surface area contributed by atoms with Gasteiger partial charge in [-0.3, -0.25) is 4.79 Å². The zero-order valence-electron chi connectivity index (χ0n) is 21.0. The molecule has 1 aliphatic heterocycles. The normalized spacial score (nSPS) is 18.7. The summed E-state index contributed by atoms with van der Waals surface area (Å²) >= 11 is 6.39. The third kappa shape index (κ3) is 5.12. The van der Waals surface area contributed by atoms with Crippen molar-refractivity contribution in [2.45, 2.75) is 45.1 Å². The Hall–Kier alpha value is -3.64. The van der Waals surface area contributed by atoms with Gasteiger partial charge in [-0.2, -0.15) is 0 Å². The molecule has 3 aromatic carbocycles. The second kappa shape index (κ2) is 10.8. The highest BCUT2D eigenvalue weighted by molar-refractivity contribution is 6.32. The molecule has 2 aliphatic rings. The maximum atomic E-state index is 13.8. The van der Waals surface area contributed by atoms with Crippen LogP contribution < -0.4 is 20.1 Å². The first-order valence-electron chi connectivity index (χ1n) is 12.7. The molecule has 37 heavy (non-hydrogen) atoms. The quantitative estimate of drug-likeness (QED) is 0.306. The van der Waals surface area contributed by atoms with E-state index in [1.807, 2.05) is 43.3 Å². The smallest absolute Gasteiger partial charge is 0.176 e. The maximum absolute atomic E-state index is 13.8. The molecule has 0 radical (unpaired) electrons. The molecule has 0 aromatic heterocycles. The van der Waals surface area contributed by atoms with E-state index in [1.54, 1.807) is 12.1 Å². The highest BCUT2D eigenvalue weighted by atomic mass is 35.5. The summed E-state index contributed by atoms with van der Waals surface area (Å²) in [7, 11) is 0. The van der Waals surface area contributed by atoms with E-state index in [9.17, 15) is 9.90 Å². The standard InChI is InChI=1S/C30H31ClN2O4/c1-3-13-37-21-11-9-18(10-12-21)19-15-25-28(26(34)16-19)29(33-24-8-6-5-7-23(24)32-25)20-14-22(31)30(35)27(17-20)36-4-2/h5-12,14,17,19,29,32-33,35H,3-4,13,15-16H2,1-2H3. The molecule has 0 bridgehead atoms. The number of hydrogen-bond acceptors (Lipinski definition) is 6. The molecule has 1 aliphatic carbocycles. The molecule has 2 unspecified atom stereocenters. The molecule has 3 N–H and O–H groups in total. The summed E-state index contributed by atoms with van der Waals surface area (Å²) in [6.45, 7) is 4.99. The van der Waals surface area contributed by atoms with E-state index < -0.39 is 6.04 Å². The Kier molecular flexibility index (Phi) is 7.28. The third-order valence-corrected chi connectivity index (χ3v) is 7.11. The Balaban J connectivity index is 1.54. The number of rotatable bonds is 7. The maximum Gasteiger partial charge on any atom is 0.176 e. The summed E-state index contributed by atoms with van der Waals surface area (Å²) < 4.78 is 11.4. The van der Waals surface area contributed by atoms with E-state index in [1.165, 1.54) is 0 Å². The van der Waals surface area contributed by atoms with Crippen molar-refractivity contribution < 1.29 is 19.4 Å². The number of fused-ring (bicyclic) bond motifs is 1. The molecule has 6 nitrogen and oxygen atoms in total. The number of allylic oxidation sites excluding steroid dienone is 1. The van der Waals surface area contributed by atoms with Gasteiger partial charge in [-0.15, -0.1) is 0 Å². The minimum atomic E-state index is -0.457. The fourth-order valence-electron chi connectivity index (χ4n) is 5.06. The minimum Gasteiger partial charge on any atom is -0.503 e. The molecule has 2 atom stereocenters. The molecule has 0 saturated heterocycles. The molecule has 7 heteroatoms. The van der Waals surface area contributed by atoms with Crippen LogP contribution in [0.5, 0.6) is 17.2 Å². The molecule has 0 spiro atoms. The summed E-state index contributed by atoms with van der Waals surface area (Å²) in [5.74, 6) is 1.15. The molecule has 0 amide bonds. The van der Waals surface area contributed by atoms with Crippen LogP contribution >= 0.6 is 11.6 Å². The second-order valence-corrected chi connectivity index (χ2v) is 9.78. The topological polar surface area (TPSA) is 79.8 Å². The van der Waals surface area contributed by atoms with Crippen molar-refractivity contribution in [1.29, 1.82) is 0 Å². The van der Waals surface area contributed by atoms with Crippen LogP contribution in [0.15, 0.2) is 71.9 Å². The number of anilines is 2. The molecule has 1 heterocycles. The average molecular weight is 519 g/mol. The molecular formula is C30H31ClN2O4. The van der Waals surface area contributed by atoms with Crippen molar-refractivity contribution in [3.63, 3.8) is 0 Å². The van der Waals surface area contributed by atoms with Gasteiger partial charge in [0.1, 0.15) is 5.75 Å². The van der Waals surface area contributed by atoms with Gasteiger partial charge in [-0.1, -0.05) is 42.8 Å². The van der Waals surface area contributed by atoms with Gasteiger partial charge >= 0.3 is 0 Å². The lowest BCUT2D eigenvalue weighted by Crippen LogP contribution is -2.27. The van der Waals surface area contributed by atoms with Crippen LogP contribution in [0.3, 0.4) is 0 Å². The second-order valence-electron chi connectivity index (χ2n) is 9.37. The predicted molar refractivity (Wildman–Crippen MR) is 147 cm³/mol. The van der Waals surface area contributed by atoms with Crippen LogP contribution in [0.25, 0.3) is 0 Å². The fourth-order valence-corrected chi connectivity index (χ4v) is 5.28. The number of carbonyl (C=O) groups is 1. The number of aromatic hydroxyl groups is 1. The van der Waals surface area contributed by atoms with Crippen LogP contribution in [-0.4, -0.2) is 24.1 Å². The fraction of sp³-hybridized carbons (Fsp3) is 0.300. The van der Waals surface area contributed by atoms with E-state index in [-0.39, 0.29) is 22.5 Å². The van der Waals surface area contributed by atoms with Crippen LogP contribution in [0.1, 0.15) is 56.2 Å². The molecule has 0 saturated carbocycles. The van der Waals surface area contributed by atoms with Crippen molar-refractivity contribution >= 4 is 28.8 Å². The zero-order valence-corrected chi connectivity index (χ0v) is 21.8. The van der Waals surface area contributed by atoms with Crippen LogP contribution in [0.4, 0.5) is 11.4 Å². The number of halogens is 1. The number of benzene rings is 3. The van der Waals surface area contributed by atoms with Crippen molar-refractivity contribution in [3.05, 3.63) is 88.1 Å². The molecule has 5 rings (SSSR count). The van der Waals surface area contributed by atoms with Gasteiger partial charge in [0.15, 0.2) is 17.3 Å². The monoisotopic (exact) mass is 518 g/mol. The summed E-state index contributed by atoms with van der Waals surface area (Å²) in [6.07, 6.45) is 2.04. The first kappa shape index (κ1) is 25.0. The van der Waals surface area contributed by atoms with Gasteiger partial charge in [0.2, 0.25) is 0 Å². The molecule has 3 aromatic rings. The predicted octanol–water partition coefficient (Wildman–Crippen LogP) is 7.21.